The molecule has 0 radical (unpaired) electrons. The molecular weight excluding hydrogens is 380 g/mol. The van der Waals surface area contributed by atoms with Gasteiger partial charge in [0, 0.05) is 24.0 Å². The minimum absolute atomic E-state index is 0.0281. The van der Waals surface area contributed by atoms with Crippen molar-refractivity contribution in [3.8, 4) is 0 Å². The predicted molar refractivity (Wildman–Crippen MR) is 106 cm³/mol. The van der Waals surface area contributed by atoms with E-state index in [9.17, 15) is 13.2 Å². The van der Waals surface area contributed by atoms with E-state index in [2.05, 4.69) is 5.32 Å². The highest BCUT2D eigenvalue weighted by Crippen LogP contribution is 2.52. The molecule has 1 aliphatic heterocycles. The molecule has 0 unspecified atom stereocenters. The number of hydrogen-bond donors (Lipinski definition) is 1. The molecule has 142 valence electrons. The molecule has 7 heteroatoms. The highest BCUT2D eigenvalue weighted by Gasteiger charge is 2.51. The molecule has 1 amide bonds. The van der Waals surface area contributed by atoms with Crippen molar-refractivity contribution in [2.45, 2.75) is 39.8 Å². The van der Waals surface area contributed by atoms with Crippen LogP contribution in [0.4, 0.5) is 0 Å². The predicted octanol–water partition coefficient (Wildman–Crippen LogP) is 2.89. The van der Waals surface area contributed by atoms with Gasteiger partial charge in [-0.1, -0.05) is 36.4 Å². The minimum Gasteiger partial charge on any atom is -0.351 e. The van der Waals surface area contributed by atoms with Crippen LogP contribution in [-0.2, 0) is 14.8 Å². The van der Waals surface area contributed by atoms with E-state index in [1.807, 2.05) is 30.3 Å². The van der Waals surface area contributed by atoms with Crippen LogP contribution in [-0.4, -0.2) is 42.5 Å². The molecular formula is C20H22N2O3S2. The first-order chi connectivity index (χ1) is 13.0. The Hall–Kier alpha value is -1.83. The monoisotopic (exact) mass is 402 g/mol. The van der Waals surface area contributed by atoms with E-state index in [-0.39, 0.29) is 11.9 Å². The van der Waals surface area contributed by atoms with Crippen molar-refractivity contribution in [2.75, 3.05) is 13.1 Å². The van der Waals surface area contributed by atoms with E-state index in [0.717, 1.165) is 17.7 Å². The zero-order valence-corrected chi connectivity index (χ0v) is 16.5. The number of carbonyl (C=O) groups is 1. The van der Waals surface area contributed by atoms with Crippen molar-refractivity contribution in [3.05, 3.63) is 60.7 Å². The number of hydrogen-bond acceptors (Lipinski definition) is 4. The van der Waals surface area contributed by atoms with Crippen LogP contribution in [0.5, 0.6) is 0 Å². The second-order valence-corrected chi connectivity index (χ2v) is 10.4. The summed E-state index contributed by atoms with van der Waals surface area (Å²) in [6, 6.07) is 18.3. The fourth-order valence-electron chi connectivity index (χ4n) is 3.33. The van der Waals surface area contributed by atoms with Crippen LogP contribution in [0.2, 0.25) is 0 Å². The Balaban J connectivity index is 1.38. The van der Waals surface area contributed by atoms with Crippen molar-refractivity contribution in [2.24, 2.45) is 0 Å². The Morgan fingerprint density at radius 2 is 1.67 bits per heavy atom. The number of rotatable bonds is 6. The number of benzene rings is 2. The SMILES string of the molecule is O=C(N[C@@H]1CCN(S(=O)(=O)c2ccccc2)C1)C1(Sc2ccccc2)CC1. The summed E-state index contributed by atoms with van der Waals surface area (Å²) in [5, 5.41) is 3.09. The number of nitrogens with zero attached hydrogens (tertiary/aromatic N) is 1. The number of thioether (sulfide) groups is 1. The molecule has 2 aliphatic rings. The summed E-state index contributed by atoms with van der Waals surface area (Å²) in [7, 11) is -3.50. The Labute approximate surface area is 164 Å². The van der Waals surface area contributed by atoms with E-state index in [4.69, 9.17) is 0 Å². The Bertz CT molecular complexity index is 913. The summed E-state index contributed by atoms with van der Waals surface area (Å²) in [6.45, 7) is 0.760. The van der Waals surface area contributed by atoms with Crippen LogP contribution in [0.3, 0.4) is 0 Å². The second kappa shape index (κ2) is 7.30. The highest BCUT2D eigenvalue weighted by molar-refractivity contribution is 8.01. The normalized spacial score (nSPS) is 21.7. The lowest BCUT2D eigenvalue weighted by Crippen LogP contribution is -2.43. The molecule has 1 heterocycles. The molecule has 0 spiro atoms. The van der Waals surface area contributed by atoms with Gasteiger partial charge >= 0.3 is 0 Å². The Morgan fingerprint density at radius 3 is 2.30 bits per heavy atom. The number of carbonyl (C=O) groups excluding carboxylic acids is 1. The molecule has 2 aromatic carbocycles. The molecule has 0 aromatic heterocycles. The molecule has 1 aliphatic carbocycles. The molecule has 1 atom stereocenters. The summed E-state index contributed by atoms with van der Waals surface area (Å²) < 4.78 is 26.5. The maximum absolute atomic E-state index is 12.8. The lowest BCUT2D eigenvalue weighted by Gasteiger charge is -2.20. The quantitative estimate of drug-likeness (QED) is 0.807. The van der Waals surface area contributed by atoms with Crippen molar-refractivity contribution in [1.29, 1.82) is 0 Å². The maximum Gasteiger partial charge on any atom is 0.243 e. The zero-order valence-electron chi connectivity index (χ0n) is 14.9. The van der Waals surface area contributed by atoms with E-state index >= 15 is 0 Å². The van der Waals surface area contributed by atoms with Gasteiger partial charge in [0.2, 0.25) is 15.9 Å². The third-order valence-corrected chi connectivity index (χ3v) is 8.41. The van der Waals surface area contributed by atoms with Crippen LogP contribution in [0.15, 0.2) is 70.5 Å². The van der Waals surface area contributed by atoms with Gasteiger partial charge in [0.05, 0.1) is 9.64 Å². The summed E-state index contributed by atoms with van der Waals surface area (Å²) >= 11 is 1.61. The van der Waals surface area contributed by atoms with Gasteiger partial charge < -0.3 is 5.32 Å². The van der Waals surface area contributed by atoms with Crippen molar-refractivity contribution < 1.29 is 13.2 Å². The van der Waals surface area contributed by atoms with Crippen LogP contribution >= 0.6 is 11.8 Å². The summed E-state index contributed by atoms with van der Waals surface area (Å²) in [4.78, 5) is 14.2. The fraction of sp³-hybridized carbons (Fsp3) is 0.350. The first-order valence-electron chi connectivity index (χ1n) is 9.10. The number of sulfonamides is 1. The van der Waals surface area contributed by atoms with Gasteiger partial charge in [0.1, 0.15) is 0 Å². The molecule has 5 nitrogen and oxygen atoms in total. The fourth-order valence-corrected chi connectivity index (χ4v) is 6.05. The molecule has 0 bridgehead atoms. The average molecular weight is 403 g/mol. The molecule has 1 saturated carbocycles. The van der Waals surface area contributed by atoms with Gasteiger partial charge in [0.15, 0.2) is 0 Å². The highest BCUT2D eigenvalue weighted by atomic mass is 32.2. The van der Waals surface area contributed by atoms with Gasteiger partial charge in [-0.25, -0.2) is 8.42 Å². The third-order valence-electron chi connectivity index (χ3n) is 5.04. The van der Waals surface area contributed by atoms with Crippen molar-refractivity contribution >= 4 is 27.7 Å². The van der Waals surface area contributed by atoms with Gasteiger partial charge in [0.25, 0.3) is 0 Å². The van der Waals surface area contributed by atoms with Gasteiger partial charge in [-0.05, 0) is 43.5 Å². The van der Waals surface area contributed by atoms with E-state index < -0.39 is 14.8 Å². The van der Waals surface area contributed by atoms with Crippen LogP contribution in [0.1, 0.15) is 19.3 Å². The first-order valence-corrected chi connectivity index (χ1v) is 11.4. The topological polar surface area (TPSA) is 66.5 Å². The lowest BCUT2D eigenvalue weighted by atomic mass is 10.2. The smallest absolute Gasteiger partial charge is 0.243 e. The Kier molecular flexibility index (Phi) is 5.01. The van der Waals surface area contributed by atoms with Gasteiger partial charge in [-0.2, -0.15) is 4.31 Å². The van der Waals surface area contributed by atoms with Crippen molar-refractivity contribution in [3.63, 3.8) is 0 Å². The largest absolute Gasteiger partial charge is 0.351 e. The van der Waals surface area contributed by atoms with Crippen molar-refractivity contribution in [1.82, 2.24) is 9.62 Å². The standard InChI is InChI=1S/C20H22N2O3S2/c23-19(20(12-13-20)26-17-7-3-1-4-8-17)21-16-11-14-22(15-16)27(24,25)18-9-5-2-6-10-18/h1-10,16H,11-15H2,(H,21,23)/t16-/m1/s1. The van der Waals surface area contributed by atoms with E-state index in [1.165, 1.54) is 4.31 Å². The minimum atomic E-state index is -3.50. The maximum atomic E-state index is 12.8. The Morgan fingerprint density at radius 1 is 1.04 bits per heavy atom. The molecule has 27 heavy (non-hydrogen) atoms. The summed E-state index contributed by atoms with van der Waals surface area (Å²) in [6.07, 6.45) is 2.36. The zero-order chi connectivity index (χ0) is 18.9. The summed E-state index contributed by atoms with van der Waals surface area (Å²) in [5.74, 6) is 0.0281. The van der Waals surface area contributed by atoms with Crippen LogP contribution in [0, 0.1) is 0 Å². The summed E-state index contributed by atoms with van der Waals surface area (Å²) in [5.41, 5.74) is 0. The van der Waals surface area contributed by atoms with E-state index in [1.54, 1.807) is 42.1 Å². The lowest BCUT2D eigenvalue weighted by molar-refractivity contribution is -0.121. The molecule has 2 aromatic rings. The van der Waals surface area contributed by atoms with Crippen LogP contribution < -0.4 is 5.32 Å². The molecule has 1 saturated heterocycles. The average Bonchev–Trinajstić information content (AvgIpc) is 3.31. The van der Waals surface area contributed by atoms with Crippen LogP contribution in [0.25, 0.3) is 0 Å². The number of nitrogens with one attached hydrogen (secondary N) is 1. The van der Waals surface area contributed by atoms with Gasteiger partial charge in [-0.3, -0.25) is 4.79 Å². The molecule has 2 fully saturated rings. The first kappa shape index (κ1) is 18.5. The van der Waals surface area contributed by atoms with E-state index in [0.29, 0.717) is 24.4 Å². The molecule has 4 rings (SSSR count). The number of amides is 1. The second-order valence-electron chi connectivity index (χ2n) is 7.04. The third kappa shape index (κ3) is 3.90. The molecule has 1 N–H and O–H groups in total. The van der Waals surface area contributed by atoms with Gasteiger partial charge in [-0.15, -0.1) is 11.8 Å².